The lowest BCUT2D eigenvalue weighted by Gasteiger charge is -2.28. The third kappa shape index (κ3) is 6.70. The molecule has 1 aliphatic carbocycles. The molecule has 0 aliphatic heterocycles. The maximum Gasteiger partial charge on any atom is 0.159 e. The maximum atomic E-state index is 13.2. The summed E-state index contributed by atoms with van der Waals surface area (Å²) >= 11 is 0. The number of hydrogen-bond acceptors (Lipinski definition) is 0. The Morgan fingerprint density at radius 1 is 0.875 bits per heavy atom. The zero-order valence-electron chi connectivity index (χ0n) is 14.5. The fourth-order valence-corrected chi connectivity index (χ4v) is 3.81. The number of halogens is 3. The molecule has 1 fully saturated rings. The Balaban J connectivity index is 1.58. The average Bonchev–Trinajstić information content (AvgIpc) is 2.60. The van der Waals surface area contributed by atoms with Crippen LogP contribution in [0.4, 0.5) is 13.2 Å². The van der Waals surface area contributed by atoms with Crippen molar-refractivity contribution in [2.75, 3.05) is 0 Å². The van der Waals surface area contributed by atoms with Crippen LogP contribution in [0.5, 0.6) is 0 Å². The van der Waals surface area contributed by atoms with Crippen LogP contribution in [0.1, 0.15) is 69.8 Å². The highest BCUT2D eigenvalue weighted by molar-refractivity contribution is 5.17. The summed E-state index contributed by atoms with van der Waals surface area (Å²) in [5.41, 5.74) is 0.901. The Bertz CT molecular complexity index is 502. The van der Waals surface area contributed by atoms with Crippen LogP contribution in [-0.4, -0.2) is 0 Å². The zero-order valence-corrected chi connectivity index (χ0v) is 14.5. The molecule has 0 spiro atoms. The molecule has 1 aliphatic rings. The van der Waals surface area contributed by atoms with Crippen molar-refractivity contribution in [3.05, 3.63) is 47.8 Å². The highest BCUT2D eigenvalue weighted by Gasteiger charge is 2.20. The van der Waals surface area contributed by atoms with Crippen molar-refractivity contribution in [3.8, 4) is 0 Å². The number of rotatable bonds is 9. The molecule has 0 aromatic heterocycles. The van der Waals surface area contributed by atoms with E-state index in [1.807, 2.05) is 0 Å². The summed E-state index contributed by atoms with van der Waals surface area (Å²) in [7, 11) is 0. The van der Waals surface area contributed by atoms with E-state index in [4.69, 9.17) is 0 Å². The minimum absolute atomic E-state index is 0.640. The summed E-state index contributed by atoms with van der Waals surface area (Å²) in [6, 6.07) is 4.26. The maximum absolute atomic E-state index is 13.2. The largest absolute Gasteiger partial charge is 0.216 e. The van der Waals surface area contributed by atoms with Gasteiger partial charge in [-0.15, -0.1) is 0 Å². The molecule has 0 unspecified atom stereocenters. The Kier molecular flexibility index (Phi) is 8.41. The fraction of sp³-hybridized carbons (Fsp3) is 0.619. The van der Waals surface area contributed by atoms with Gasteiger partial charge in [0.2, 0.25) is 0 Å². The molecule has 1 saturated carbocycles. The fourth-order valence-electron chi connectivity index (χ4n) is 3.81. The predicted molar refractivity (Wildman–Crippen MR) is 93.5 cm³/mol. The summed E-state index contributed by atoms with van der Waals surface area (Å²) in [5.74, 6) is 0.0727. The van der Waals surface area contributed by atoms with Gasteiger partial charge in [-0.05, 0) is 55.2 Å². The van der Waals surface area contributed by atoms with Crippen LogP contribution in [0, 0.1) is 23.5 Å². The Labute approximate surface area is 144 Å². The lowest BCUT2D eigenvalue weighted by molar-refractivity contribution is 0.249. The van der Waals surface area contributed by atoms with Crippen LogP contribution in [-0.2, 0) is 6.42 Å². The smallest absolute Gasteiger partial charge is 0.159 e. The van der Waals surface area contributed by atoms with Gasteiger partial charge in [0.15, 0.2) is 11.6 Å². The van der Waals surface area contributed by atoms with Crippen LogP contribution < -0.4 is 0 Å². The molecule has 134 valence electrons. The van der Waals surface area contributed by atoms with Gasteiger partial charge in [0.25, 0.3) is 0 Å². The number of hydrogen-bond donors (Lipinski definition) is 0. The highest BCUT2D eigenvalue weighted by Crippen LogP contribution is 2.34. The van der Waals surface area contributed by atoms with Crippen LogP contribution in [0.2, 0.25) is 0 Å². The standard InChI is InChI=1S/C21H29F3/c22-15-5-3-1-2-4-6-17-7-9-18(10-8-17)11-12-19-13-14-20(23)21(24)16-19/h5,13-18H,1-4,6-12H2/b15-5+. The van der Waals surface area contributed by atoms with Crippen molar-refractivity contribution in [1.82, 2.24) is 0 Å². The summed E-state index contributed by atoms with van der Waals surface area (Å²) in [4.78, 5) is 0. The molecule has 0 atom stereocenters. The van der Waals surface area contributed by atoms with Crippen LogP contribution in [0.25, 0.3) is 0 Å². The predicted octanol–water partition coefficient (Wildman–Crippen LogP) is 7.14. The van der Waals surface area contributed by atoms with E-state index in [0.29, 0.717) is 6.33 Å². The summed E-state index contributed by atoms with van der Waals surface area (Å²) in [6.45, 7) is 0. The molecule has 0 bridgehead atoms. The third-order valence-corrected chi connectivity index (χ3v) is 5.36. The van der Waals surface area contributed by atoms with Gasteiger partial charge in [-0.3, -0.25) is 0 Å². The molecule has 0 heterocycles. The second kappa shape index (κ2) is 10.6. The average molecular weight is 338 g/mol. The van der Waals surface area contributed by atoms with E-state index in [-0.39, 0.29) is 0 Å². The summed E-state index contributed by atoms with van der Waals surface area (Å²) < 4.78 is 38.0. The lowest BCUT2D eigenvalue weighted by Crippen LogP contribution is -2.15. The molecule has 1 aromatic carbocycles. The van der Waals surface area contributed by atoms with Crippen molar-refractivity contribution in [3.63, 3.8) is 0 Å². The first-order valence-electron chi connectivity index (χ1n) is 9.38. The van der Waals surface area contributed by atoms with E-state index < -0.39 is 11.6 Å². The zero-order chi connectivity index (χ0) is 17.2. The number of allylic oxidation sites excluding steroid dienone is 1. The van der Waals surface area contributed by atoms with Gasteiger partial charge in [-0.2, -0.15) is 0 Å². The quantitative estimate of drug-likeness (QED) is 0.420. The van der Waals surface area contributed by atoms with E-state index in [9.17, 15) is 13.2 Å². The first-order chi connectivity index (χ1) is 11.7. The van der Waals surface area contributed by atoms with Gasteiger partial charge in [-0.25, -0.2) is 13.2 Å². The summed E-state index contributed by atoms with van der Waals surface area (Å²) in [5, 5.41) is 0. The number of unbranched alkanes of at least 4 members (excludes halogenated alkanes) is 3. The molecular formula is C21H29F3. The van der Waals surface area contributed by atoms with Gasteiger partial charge in [0.1, 0.15) is 0 Å². The van der Waals surface area contributed by atoms with Crippen molar-refractivity contribution >= 4 is 0 Å². The van der Waals surface area contributed by atoms with E-state index in [1.54, 1.807) is 12.1 Å². The van der Waals surface area contributed by atoms with Crippen LogP contribution >= 0.6 is 0 Å². The van der Waals surface area contributed by atoms with E-state index >= 15 is 0 Å². The Morgan fingerprint density at radius 2 is 1.58 bits per heavy atom. The first kappa shape index (κ1) is 19.1. The molecule has 0 N–H and O–H groups in total. The van der Waals surface area contributed by atoms with Gasteiger partial charge in [0, 0.05) is 0 Å². The monoisotopic (exact) mass is 338 g/mol. The van der Waals surface area contributed by atoms with E-state index in [1.165, 1.54) is 57.1 Å². The van der Waals surface area contributed by atoms with E-state index in [0.717, 1.165) is 43.1 Å². The van der Waals surface area contributed by atoms with Crippen molar-refractivity contribution in [2.24, 2.45) is 11.8 Å². The second-order valence-electron chi connectivity index (χ2n) is 7.17. The molecule has 0 saturated heterocycles. The minimum Gasteiger partial charge on any atom is -0.216 e. The third-order valence-electron chi connectivity index (χ3n) is 5.36. The van der Waals surface area contributed by atoms with Gasteiger partial charge < -0.3 is 0 Å². The second-order valence-corrected chi connectivity index (χ2v) is 7.17. The SMILES string of the molecule is F/C=C/CCCCCC1CCC(CCc2ccc(F)c(F)c2)CC1. The Morgan fingerprint density at radius 3 is 2.25 bits per heavy atom. The topological polar surface area (TPSA) is 0 Å². The van der Waals surface area contributed by atoms with Crippen molar-refractivity contribution < 1.29 is 13.2 Å². The van der Waals surface area contributed by atoms with Crippen LogP contribution in [0.15, 0.2) is 30.6 Å². The number of benzene rings is 1. The molecule has 1 aromatic rings. The molecular weight excluding hydrogens is 309 g/mol. The van der Waals surface area contributed by atoms with Gasteiger partial charge in [-0.1, -0.05) is 57.1 Å². The minimum atomic E-state index is -0.764. The van der Waals surface area contributed by atoms with E-state index in [2.05, 4.69) is 0 Å². The molecule has 0 radical (unpaired) electrons. The number of aryl methyl sites for hydroxylation is 1. The first-order valence-corrected chi connectivity index (χ1v) is 9.38. The van der Waals surface area contributed by atoms with Gasteiger partial charge in [0.05, 0.1) is 6.33 Å². The van der Waals surface area contributed by atoms with Crippen molar-refractivity contribution in [2.45, 2.75) is 70.6 Å². The van der Waals surface area contributed by atoms with Crippen LogP contribution in [0.3, 0.4) is 0 Å². The lowest BCUT2D eigenvalue weighted by atomic mass is 9.78. The van der Waals surface area contributed by atoms with Gasteiger partial charge >= 0.3 is 0 Å². The molecule has 0 amide bonds. The summed E-state index contributed by atoms with van der Waals surface area (Å²) in [6.07, 6.45) is 15.0. The Hall–Kier alpha value is -1.25. The molecule has 2 rings (SSSR count). The highest BCUT2D eigenvalue weighted by atomic mass is 19.2. The van der Waals surface area contributed by atoms with Crippen molar-refractivity contribution in [1.29, 1.82) is 0 Å². The molecule has 0 nitrogen and oxygen atoms in total. The molecule has 3 heteroatoms. The normalized spacial score (nSPS) is 21.5. The molecule has 24 heavy (non-hydrogen) atoms.